The van der Waals surface area contributed by atoms with E-state index in [-0.39, 0.29) is 11.8 Å². The van der Waals surface area contributed by atoms with Gasteiger partial charge in [0.25, 0.3) is 11.8 Å². The predicted octanol–water partition coefficient (Wildman–Crippen LogP) is 3.65. The first kappa shape index (κ1) is 21.1. The zero-order chi connectivity index (χ0) is 22.0. The highest BCUT2D eigenvalue weighted by Gasteiger charge is 2.42. The Kier molecular flexibility index (Phi) is 6.09. The topological polar surface area (TPSA) is 59.1 Å². The van der Waals surface area contributed by atoms with Gasteiger partial charge in [-0.1, -0.05) is 43.7 Å². The number of benzene rings is 2. The summed E-state index contributed by atoms with van der Waals surface area (Å²) in [5.74, 6) is 0.586. The highest BCUT2D eigenvalue weighted by atomic mass is 16.5. The minimum Gasteiger partial charge on any atom is -0.493 e. The molecule has 2 aliphatic rings. The van der Waals surface area contributed by atoms with Crippen molar-refractivity contribution in [3.63, 3.8) is 0 Å². The average Bonchev–Trinajstić information content (AvgIpc) is 3.04. The molecule has 31 heavy (non-hydrogen) atoms. The van der Waals surface area contributed by atoms with Crippen LogP contribution in [0.5, 0.6) is 5.75 Å². The zero-order valence-electron chi connectivity index (χ0n) is 18.3. The number of nitrogens with zero attached hydrogens (tertiary/aromatic N) is 2. The summed E-state index contributed by atoms with van der Waals surface area (Å²) >= 11 is 0. The molecule has 0 unspecified atom stereocenters. The van der Waals surface area contributed by atoms with E-state index in [2.05, 4.69) is 13.8 Å². The van der Waals surface area contributed by atoms with Crippen LogP contribution in [0.25, 0.3) is 5.57 Å². The molecule has 162 valence electrons. The molecule has 0 aliphatic carbocycles. The fourth-order valence-corrected chi connectivity index (χ4v) is 3.77. The highest BCUT2D eigenvalue weighted by molar-refractivity contribution is 6.45. The van der Waals surface area contributed by atoms with Crippen LogP contribution in [-0.2, 0) is 14.3 Å². The van der Waals surface area contributed by atoms with Crippen LogP contribution in [0, 0.1) is 12.8 Å². The molecule has 6 heteroatoms. The highest BCUT2D eigenvalue weighted by Crippen LogP contribution is 2.35. The summed E-state index contributed by atoms with van der Waals surface area (Å²) in [5.41, 5.74) is 3.25. The van der Waals surface area contributed by atoms with E-state index in [1.165, 1.54) is 4.90 Å². The molecule has 0 saturated carbocycles. The standard InChI is InChI=1S/C25H28N2O4/c1-17(2)16-31-21-10-6-19(7-11-21)22-23(26-12-14-30-15-13-26)25(29)27(24(22)28)20-8-4-18(3)5-9-20/h4-11,17H,12-16H2,1-3H3. The van der Waals surface area contributed by atoms with E-state index in [0.29, 0.717) is 61.3 Å². The van der Waals surface area contributed by atoms with Gasteiger partial charge >= 0.3 is 0 Å². The number of anilines is 1. The van der Waals surface area contributed by atoms with Gasteiger partial charge in [-0.05, 0) is 42.7 Å². The molecular formula is C25H28N2O4. The van der Waals surface area contributed by atoms with Gasteiger partial charge in [-0.3, -0.25) is 9.59 Å². The van der Waals surface area contributed by atoms with Gasteiger partial charge in [0, 0.05) is 13.1 Å². The van der Waals surface area contributed by atoms with E-state index in [1.807, 2.05) is 60.4 Å². The molecule has 2 heterocycles. The summed E-state index contributed by atoms with van der Waals surface area (Å²) in [7, 11) is 0. The second-order valence-corrected chi connectivity index (χ2v) is 8.33. The maximum absolute atomic E-state index is 13.5. The van der Waals surface area contributed by atoms with Crippen molar-refractivity contribution in [2.24, 2.45) is 5.92 Å². The first-order chi connectivity index (χ1) is 15.0. The molecule has 1 saturated heterocycles. The van der Waals surface area contributed by atoms with Crippen molar-refractivity contribution in [1.82, 2.24) is 4.90 Å². The summed E-state index contributed by atoms with van der Waals surface area (Å²) in [6.45, 7) is 9.01. The minimum atomic E-state index is -0.300. The number of rotatable bonds is 6. The quantitative estimate of drug-likeness (QED) is 0.668. The van der Waals surface area contributed by atoms with Crippen molar-refractivity contribution in [2.75, 3.05) is 37.8 Å². The van der Waals surface area contributed by atoms with Gasteiger partial charge in [-0.15, -0.1) is 0 Å². The lowest BCUT2D eigenvalue weighted by Gasteiger charge is -2.29. The van der Waals surface area contributed by atoms with Crippen molar-refractivity contribution >= 4 is 23.1 Å². The van der Waals surface area contributed by atoms with Gasteiger partial charge in [0.1, 0.15) is 11.4 Å². The zero-order valence-corrected chi connectivity index (χ0v) is 18.3. The molecule has 4 rings (SSSR count). The molecule has 2 aliphatic heterocycles. The number of hydrogen-bond acceptors (Lipinski definition) is 5. The number of ether oxygens (including phenoxy) is 2. The van der Waals surface area contributed by atoms with Crippen LogP contribution in [0.2, 0.25) is 0 Å². The van der Waals surface area contributed by atoms with Crippen LogP contribution in [0.4, 0.5) is 5.69 Å². The summed E-state index contributed by atoms with van der Waals surface area (Å²) < 4.78 is 11.2. The van der Waals surface area contributed by atoms with Gasteiger partial charge < -0.3 is 14.4 Å². The summed E-state index contributed by atoms with van der Waals surface area (Å²) in [6.07, 6.45) is 0. The van der Waals surface area contributed by atoms with E-state index < -0.39 is 0 Å². The Bertz CT molecular complexity index is 987. The molecule has 2 aromatic rings. The van der Waals surface area contributed by atoms with E-state index in [0.717, 1.165) is 11.3 Å². The van der Waals surface area contributed by atoms with Crippen LogP contribution in [0.3, 0.4) is 0 Å². The van der Waals surface area contributed by atoms with Crippen molar-refractivity contribution in [2.45, 2.75) is 20.8 Å². The second kappa shape index (κ2) is 8.94. The summed E-state index contributed by atoms with van der Waals surface area (Å²) in [6, 6.07) is 14.9. The van der Waals surface area contributed by atoms with Gasteiger partial charge in [0.05, 0.1) is 31.1 Å². The third-order valence-corrected chi connectivity index (χ3v) is 5.41. The molecule has 0 atom stereocenters. The normalized spacial score (nSPS) is 17.2. The first-order valence-electron chi connectivity index (χ1n) is 10.7. The van der Waals surface area contributed by atoms with Crippen LogP contribution >= 0.6 is 0 Å². The van der Waals surface area contributed by atoms with Gasteiger partial charge in [0.15, 0.2) is 0 Å². The van der Waals surface area contributed by atoms with Crippen molar-refractivity contribution < 1.29 is 19.1 Å². The molecule has 2 aromatic carbocycles. The molecule has 0 N–H and O–H groups in total. The number of carbonyl (C=O) groups excluding carboxylic acids is 2. The number of hydrogen-bond donors (Lipinski definition) is 0. The Labute approximate surface area is 183 Å². The number of aryl methyl sites for hydroxylation is 1. The Balaban J connectivity index is 1.71. The molecule has 0 radical (unpaired) electrons. The molecule has 6 nitrogen and oxygen atoms in total. The van der Waals surface area contributed by atoms with Crippen LogP contribution in [-0.4, -0.2) is 49.6 Å². The Morgan fingerprint density at radius 1 is 0.935 bits per heavy atom. The smallest absolute Gasteiger partial charge is 0.282 e. The lowest BCUT2D eigenvalue weighted by molar-refractivity contribution is -0.121. The molecular weight excluding hydrogens is 392 g/mol. The number of amides is 2. The fourth-order valence-electron chi connectivity index (χ4n) is 3.77. The van der Waals surface area contributed by atoms with E-state index in [1.54, 1.807) is 0 Å². The van der Waals surface area contributed by atoms with Crippen molar-refractivity contribution in [3.8, 4) is 5.75 Å². The van der Waals surface area contributed by atoms with Gasteiger partial charge in [-0.25, -0.2) is 4.90 Å². The summed E-state index contributed by atoms with van der Waals surface area (Å²) in [5, 5.41) is 0. The number of carbonyl (C=O) groups is 2. The van der Waals surface area contributed by atoms with E-state index in [9.17, 15) is 9.59 Å². The Morgan fingerprint density at radius 2 is 1.58 bits per heavy atom. The maximum atomic E-state index is 13.5. The van der Waals surface area contributed by atoms with E-state index >= 15 is 0 Å². The van der Waals surface area contributed by atoms with Crippen molar-refractivity contribution in [1.29, 1.82) is 0 Å². The fraction of sp³-hybridized carbons (Fsp3) is 0.360. The monoisotopic (exact) mass is 420 g/mol. The summed E-state index contributed by atoms with van der Waals surface area (Å²) in [4.78, 5) is 30.2. The van der Waals surface area contributed by atoms with E-state index in [4.69, 9.17) is 9.47 Å². The van der Waals surface area contributed by atoms with Crippen LogP contribution in [0.15, 0.2) is 54.2 Å². The Morgan fingerprint density at radius 3 is 2.19 bits per heavy atom. The SMILES string of the molecule is Cc1ccc(N2C(=O)C(c3ccc(OCC(C)C)cc3)=C(N3CCOCC3)C2=O)cc1. The van der Waals surface area contributed by atoms with Gasteiger partial charge in [-0.2, -0.15) is 0 Å². The lowest BCUT2D eigenvalue weighted by Crippen LogP contribution is -2.40. The van der Waals surface area contributed by atoms with Crippen molar-refractivity contribution in [3.05, 3.63) is 65.4 Å². The first-order valence-corrected chi connectivity index (χ1v) is 10.7. The Hall–Kier alpha value is -3.12. The number of imide groups is 1. The van der Waals surface area contributed by atoms with Crippen LogP contribution in [0.1, 0.15) is 25.0 Å². The average molecular weight is 421 g/mol. The minimum absolute atomic E-state index is 0.286. The van der Waals surface area contributed by atoms with Crippen LogP contribution < -0.4 is 9.64 Å². The molecule has 0 bridgehead atoms. The maximum Gasteiger partial charge on any atom is 0.282 e. The largest absolute Gasteiger partial charge is 0.493 e. The third-order valence-electron chi connectivity index (χ3n) is 5.41. The molecule has 0 spiro atoms. The molecule has 1 fully saturated rings. The predicted molar refractivity (Wildman–Crippen MR) is 120 cm³/mol. The number of morpholine rings is 1. The molecule has 2 amide bonds. The molecule has 0 aromatic heterocycles. The van der Waals surface area contributed by atoms with Gasteiger partial charge in [0.2, 0.25) is 0 Å². The third kappa shape index (κ3) is 4.35. The lowest BCUT2D eigenvalue weighted by atomic mass is 10.0. The second-order valence-electron chi connectivity index (χ2n) is 8.33.